The summed E-state index contributed by atoms with van der Waals surface area (Å²) in [6.45, 7) is 7.32. The summed E-state index contributed by atoms with van der Waals surface area (Å²) in [5.74, 6) is 1.19. The van der Waals surface area contributed by atoms with Gasteiger partial charge in [-0.05, 0) is 45.1 Å². The van der Waals surface area contributed by atoms with Gasteiger partial charge < -0.3 is 14.2 Å². The monoisotopic (exact) mass is 388 g/mol. The van der Waals surface area contributed by atoms with Crippen LogP contribution >= 0.6 is 0 Å². The number of nitrogens with zero attached hydrogens (tertiary/aromatic N) is 4. The number of amides is 2. The molecule has 3 aliphatic heterocycles. The number of carbonyl (C=O) groups is 2. The molecule has 0 N–H and O–H groups in total. The molecule has 4 rings (SSSR count). The van der Waals surface area contributed by atoms with Gasteiger partial charge in [-0.15, -0.1) is 0 Å². The third-order valence-electron chi connectivity index (χ3n) is 6.65. The zero-order chi connectivity index (χ0) is 19.5. The Morgan fingerprint density at radius 2 is 1.79 bits per heavy atom. The van der Waals surface area contributed by atoms with Crippen LogP contribution in [0, 0.1) is 5.92 Å². The van der Waals surface area contributed by atoms with E-state index in [2.05, 4.69) is 14.8 Å². The van der Waals surface area contributed by atoms with Gasteiger partial charge in [-0.2, -0.15) is 0 Å². The molecule has 0 aliphatic carbocycles. The van der Waals surface area contributed by atoms with E-state index in [9.17, 15) is 9.59 Å². The Kier molecular flexibility index (Phi) is 5.99. The average molecular weight is 389 g/mol. The first kappa shape index (κ1) is 19.4. The zero-order valence-corrected chi connectivity index (χ0v) is 16.9. The van der Waals surface area contributed by atoms with Crippen molar-refractivity contribution in [3.05, 3.63) is 17.8 Å². The fraction of sp³-hybridized carbons (Fsp3) is 0.762. The average Bonchev–Trinajstić information content (AvgIpc) is 3.45. The lowest BCUT2D eigenvalue weighted by molar-refractivity contribution is -0.136. The van der Waals surface area contributed by atoms with Crippen LogP contribution in [0.1, 0.15) is 61.7 Å². The summed E-state index contributed by atoms with van der Waals surface area (Å²) in [4.78, 5) is 36.2. The molecule has 3 saturated heterocycles. The predicted octanol–water partition coefficient (Wildman–Crippen LogP) is 2.18. The van der Waals surface area contributed by atoms with Gasteiger partial charge in [0.05, 0.1) is 5.92 Å². The molecule has 7 nitrogen and oxygen atoms in total. The van der Waals surface area contributed by atoms with Gasteiger partial charge in [0, 0.05) is 45.2 Å². The van der Waals surface area contributed by atoms with Crippen LogP contribution in [-0.2, 0) is 11.2 Å². The van der Waals surface area contributed by atoms with Crippen molar-refractivity contribution in [1.29, 1.82) is 0 Å². The van der Waals surface area contributed by atoms with Crippen LogP contribution in [0.2, 0.25) is 0 Å². The second-order valence-corrected chi connectivity index (χ2v) is 8.37. The van der Waals surface area contributed by atoms with E-state index < -0.39 is 0 Å². The molecule has 0 radical (unpaired) electrons. The van der Waals surface area contributed by atoms with Gasteiger partial charge in [0.15, 0.2) is 12.1 Å². The van der Waals surface area contributed by atoms with E-state index in [1.165, 1.54) is 6.39 Å². The molecule has 2 amide bonds. The van der Waals surface area contributed by atoms with Crippen LogP contribution in [0.15, 0.2) is 10.8 Å². The van der Waals surface area contributed by atoms with E-state index >= 15 is 0 Å². The summed E-state index contributed by atoms with van der Waals surface area (Å²) in [6, 6.07) is 0.473. The molecular formula is C21H32N4O3. The molecule has 3 aliphatic rings. The van der Waals surface area contributed by atoms with Gasteiger partial charge in [-0.1, -0.05) is 6.92 Å². The van der Waals surface area contributed by atoms with E-state index in [1.807, 2.05) is 11.8 Å². The highest BCUT2D eigenvalue weighted by molar-refractivity contribution is 5.93. The molecule has 0 saturated carbocycles. The van der Waals surface area contributed by atoms with E-state index in [1.54, 1.807) is 0 Å². The lowest BCUT2D eigenvalue weighted by atomic mass is 9.93. The zero-order valence-electron chi connectivity index (χ0n) is 16.9. The van der Waals surface area contributed by atoms with Crippen molar-refractivity contribution in [3.8, 4) is 0 Å². The van der Waals surface area contributed by atoms with Crippen molar-refractivity contribution in [2.24, 2.45) is 5.92 Å². The number of aryl methyl sites for hydroxylation is 1. The van der Waals surface area contributed by atoms with Gasteiger partial charge in [0.1, 0.15) is 5.76 Å². The van der Waals surface area contributed by atoms with Crippen LogP contribution in [0.5, 0.6) is 0 Å². The SMILES string of the molecule is CCc1ocnc1C(=O)N1CCC(N2CCCC(C(=O)N3CCCC3)C2)CC1. The molecule has 1 aromatic rings. The molecule has 0 aromatic carbocycles. The lowest BCUT2D eigenvalue weighted by Crippen LogP contribution is -2.51. The fourth-order valence-corrected chi connectivity index (χ4v) is 5.01. The Balaban J connectivity index is 1.31. The first-order valence-electron chi connectivity index (χ1n) is 10.9. The summed E-state index contributed by atoms with van der Waals surface area (Å²) < 4.78 is 5.32. The molecule has 0 spiro atoms. The van der Waals surface area contributed by atoms with E-state index in [0.717, 1.165) is 77.8 Å². The Labute approximate surface area is 167 Å². The van der Waals surface area contributed by atoms with E-state index in [4.69, 9.17) is 4.42 Å². The lowest BCUT2D eigenvalue weighted by Gasteiger charge is -2.42. The number of aromatic nitrogens is 1. The first-order valence-corrected chi connectivity index (χ1v) is 10.9. The largest absolute Gasteiger partial charge is 0.448 e. The van der Waals surface area contributed by atoms with Crippen molar-refractivity contribution in [3.63, 3.8) is 0 Å². The van der Waals surface area contributed by atoms with Crippen LogP contribution in [0.3, 0.4) is 0 Å². The fourth-order valence-electron chi connectivity index (χ4n) is 5.01. The number of likely N-dealkylation sites (tertiary alicyclic amines) is 3. The Bertz CT molecular complexity index is 690. The smallest absolute Gasteiger partial charge is 0.276 e. The standard InChI is InChI=1S/C21H32N4O3/c1-2-18-19(22-15-28-18)21(27)24-12-7-17(8-13-24)25-11-5-6-16(14-25)20(26)23-9-3-4-10-23/h15-17H,2-14H2,1H3. The van der Waals surface area contributed by atoms with Gasteiger partial charge in [-0.3, -0.25) is 14.5 Å². The molecule has 1 atom stereocenters. The maximum Gasteiger partial charge on any atom is 0.276 e. The van der Waals surface area contributed by atoms with Gasteiger partial charge in [0.25, 0.3) is 5.91 Å². The van der Waals surface area contributed by atoms with Gasteiger partial charge in [0.2, 0.25) is 5.91 Å². The highest BCUT2D eigenvalue weighted by Gasteiger charge is 2.35. The second-order valence-electron chi connectivity index (χ2n) is 8.37. The van der Waals surface area contributed by atoms with E-state index in [-0.39, 0.29) is 11.8 Å². The van der Waals surface area contributed by atoms with Crippen LogP contribution in [-0.4, -0.2) is 76.8 Å². The van der Waals surface area contributed by atoms with Crippen molar-refractivity contribution in [1.82, 2.24) is 19.7 Å². The molecular weight excluding hydrogens is 356 g/mol. The molecule has 4 heterocycles. The Morgan fingerprint density at radius 1 is 1.04 bits per heavy atom. The summed E-state index contributed by atoms with van der Waals surface area (Å²) in [5.41, 5.74) is 0.468. The van der Waals surface area contributed by atoms with Gasteiger partial charge in [-0.25, -0.2) is 4.98 Å². The third-order valence-corrected chi connectivity index (χ3v) is 6.65. The first-order chi connectivity index (χ1) is 13.7. The highest BCUT2D eigenvalue weighted by atomic mass is 16.3. The van der Waals surface area contributed by atoms with Crippen molar-refractivity contribution >= 4 is 11.8 Å². The molecule has 154 valence electrons. The molecule has 28 heavy (non-hydrogen) atoms. The molecule has 0 bridgehead atoms. The quantitative estimate of drug-likeness (QED) is 0.791. The summed E-state index contributed by atoms with van der Waals surface area (Å²) in [7, 11) is 0. The Morgan fingerprint density at radius 3 is 2.50 bits per heavy atom. The minimum atomic E-state index is -0.00946. The molecule has 1 aromatic heterocycles. The van der Waals surface area contributed by atoms with Crippen LogP contribution < -0.4 is 0 Å². The summed E-state index contributed by atoms with van der Waals surface area (Å²) in [5, 5.41) is 0. The maximum atomic E-state index is 12.8. The minimum absolute atomic E-state index is 0.00946. The maximum absolute atomic E-state index is 12.8. The van der Waals surface area contributed by atoms with Crippen LogP contribution in [0.4, 0.5) is 0 Å². The number of piperidine rings is 2. The number of hydrogen-bond acceptors (Lipinski definition) is 5. The van der Waals surface area contributed by atoms with Gasteiger partial charge >= 0.3 is 0 Å². The number of oxazole rings is 1. The van der Waals surface area contributed by atoms with E-state index in [0.29, 0.717) is 29.8 Å². The predicted molar refractivity (Wildman–Crippen MR) is 105 cm³/mol. The molecule has 1 unspecified atom stereocenters. The summed E-state index contributed by atoms with van der Waals surface area (Å²) in [6.07, 6.45) is 8.41. The number of carbonyl (C=O) groups excluding carboxylic acids is 2. The second kappa shape index (κ2) is 8.64. The minimum Gasteiger partial charge on any atom is -0.448 e. The number of hydrogen-bond donors (Lipinski definition) is 0. The Hall–Kier alpha value is -1.89. The van der Waals surface area contributed by atoms with Crippen LogP contribution in [0.25, 0.3) is 0 Å². The number of rotatable bonds is 4. The van der Waals surface area contributed by atoms with Crippen molar-refractivity contribution in [2.75, 3.05) is 39.3 Å². The molecule has 3 fully saturated rings. The van der Waals surface area contributed by atoms with Crippen molar-refractivity contribution < 1.29 is 14.0 Å². The summed E-state index contributed by atoms with van der Waals surface area (Å²) >= 11 is 0. The highest BCUT2D eigenvalue weighted by Crippen LogP contribution is 2.26. The molecule has 7 heteroatoms. The third kappa shape index (κ3) is 3.95. The normalized spacial score (nSPS) is 24.7. The van der Waals surface area contributed by atoms with Crippen molar-refractivity contribution in [2.45, 2.75) is 57.9 Å². The topological polar surface area (TPSA) is 69.9 Å².